The number of likely N-dealkylation sites (tertiary alicyclic amines) is 1. The molecule has 1 atom stereocenters. The van der Waals surface area contributed by atoms with Gasteiger partial charge in [0.05, 0.1) is 18.3 Å². The smallest absolute Gasteiger partial charge is 0.224 e. The Balaban J connectivity index is 1.68. The van der Waals surface area contributed by atoms with Gasteiger partial charge in [-0.1, -0.05) is 12.1 Å². The van der Waals surface area contributed by atoms with Crippen molar-refractivity contribution in [3.63, 3.8) is 0 Å². The van der Waals surface area contributed by atoms with Gasteiger partial charge in [0.25, 0.3) is 0 Å². The number of carbonyl (C=O) groups is 1. The van der Waals surface area contributed by atoms with Crippen LogP contribution in [0.2, 0.25) is 0 Å². The molecule has 1 aliphatic heterocycles. The summed E-state index contributed by atoms with van der Waals surface area (Å²) < 4.78 is 1.95. The van der Waals surface area contributed by atoms with Gasteiger partial charge in [-0.2, -0.15) is 5.10 Å². The number of fused-ring (bicyclic) bond motifs is 1. The van der Waals surface area contributed by atoms with Crippen LogP contribution in [0.4, 0.5) is 0 Å². The number of carbonyl (C=O) groups excluding carboxylic acids is 1. The summed E-state index contributed by atoms with van der Waals surface area (Å²) in [5.41, 5.74) is 2.34. The molecule has 3 rings (SSSR count). The summed E-state index contributed by atoms with van der Waals surface area (Å²) >= 11 is 0. The highest BCUT2D eigenvalue weighted by atomic mass is 16.2. The van der Waals surface area contributed by atoms with Crippen molar-refractivity contribution in [2.24, 2.45) is 0 Å². The standard InChI is InChI=1S/C17H23N3O/c1-13-6-7-15-12-18-20(16(15)11-13)10-8-17(21)19-9-4-3-5-14(19)2/h6-7,11-12,14H,3-5,8-10H2,1-2H3. The van der Waals surface area contributed by atoms with Gasteiger partial charge < -0.3 is 4.90 Å². The average Bonchev–Trinajstić information content (AvgIpc) is 2.87. The molecule has 1 saturated heterocycles. The molecule has 1 unspecified atom stereocenters. The molecule has 0 aliphatic carbocycles. The molecule has 0 radical (unpaired) electrons. The Morgan fingerprint density at radius 1 is 1.38 bits per heavy atom. The molecule has 2 aromatic rings. The minimum absolute atomic E-state index is 0.263. The number of aryl methyl sites for hydroxylation is 2. The van der Waals surface area contributed by atoms with Crippen molar-refractivity contribution >= 4 is 16.8 Å². The number of benzene rings is 1. The van der Waals surface area contributed by atoms with Crippen LogP contribution in [0.3, 0.4) is 0 Å². The minimum atomic E-state index is 0.263. The maximum Gasteiger partial charge on any atom is 0.224 e. The van der Waals surface area contributed by atoms with Crippen molar-refractivity contribution in [2.75, 3.05) is 6.54 Å². The van der Waals surface area contributed by atoms with Crippen molar-refractivity contribution in [3.05, 3.63) is 30.0 Å². The summed E-state index contributed by atoms with van der Waals surface area (Å²) in [6.45, 7) is 5.81. The molecule has 1 fully saturated rings. The highest BCUT2D eigenvalue weighted by molar-refractivity contribution is 5.80. The van der Waals surface area contributed by atoms with E-state index in [2.05, 4.69) is 37.1 Å². The molecule has 2 heterocycles. The fourth-order valence-corrected chi connectivity index (χ4v) is 3.17. The Morgan fingerprint density at radius 3 is 3.05 bits per heavy atom. The van der Waals surface area contributed by atoms with Crippen LogP contribution < -0.4 is 0 Å². The minimum Gasteiger partial charge on any atom is -0.340 e. The largest absolute Gasteiger partial charge is 0.340 e. The molecule has 0 N–H and O–H groups in total. The van der Waals surface area contributed by atoms with Crippen LogP contribution in [-0.2, 0) is 11.3 Å². The van der Waals surface area contributed by atoms with Crippen LogP contribution in [0.5, 0.6) is 0 Å². The zero-order valence-electron chi connectivity index (χ0n) is 12.9. The van der Waals surface area contributed by atoms with Crippen molar-refractivity contribution < 1.29 is 4.79 Å². The van der Waals surface area contributed by atoms with E-state index in [-0.39, 0.29) is 5.91 Å². The molecule has 0 bridgehead atoms. The van der Waals surface area contributed by atoms with Gasteiger partial charge >= 0.3 is 0 Å². The van der Waals surface area contributed by atoms with Crippen molar-refractivity contribution in [1.82, 2.24) is 14.7 Å². The molecule has 1 aliphatic rings. The summed E-state index contributed by atoms with van der Waals surface area (Å²) in [5, 5.41) is 5.56. The van der Waals surface area contributed by atoms with Gasteiger partial charge in [0, 0.05) is 24.4 Å². The second kappa shape index (κ2) is 5.88. The predicted molar refractivity (Wildman–Crippen MR) is 84.1 cm³/mol. The summed E-state index contributed by atoms with van der Waals surface area (Å²) in [6, 6.07) is 6.70. The first-order valence-electron chi connectivity index (χ1n) is 7.87. The summed E-state index contributed by atoms with van der Waals surface area (Å²) in [6.07, 6.45) is 5.93. The van der Waals surface area contributed by atoms with Crippen LogP contribution in [0, 0.1) is 6.92 Å². The number of hydrogen-bond donors (Lipinski definition) is 0. The lowest BCUT2D eigenvalue weighted by Gasteiger charge is -2.33. The topological polar surface area (TPSA) is 38.1 Å². The molecular formula is C17H23N3O. The number of amides is 1. The lowest BCUT2D eigenvalue weighted by atomic mass is 10.0. The number of hydrogen-bond acceptors (Lipinski definition) is 2. The zero-order valence-corrected chi connectivity index (χ0v) is 12.9. The van der Waals surface area contributed by atoms with Crippen LogP contribution in [-0.4, -0.2) is 33.2 Å². The molecule has 112 valence electrons. The monoisotopic (exact) mass is 285 g/mol. The Hall–Kier alpha value is -1.84. The Kier molecular flexibility index (Phi) is 3.95. The highest BCUT2D eigenvalue weighted by Gasteiger charge is 2.22. The quantitative estimate of drug-likeness (QED) is 0.869. The van der Waals surface area contributed by atoms with Gasteiger partial charge in [-0.3, -0.25) is 9.48 Å². The molecule has 4 nitrogen and oxygen atoms in total. The van der Waals surface area contributed by atoms with Crippen LogP contribution in [0.15, 0.2) is 24.4 Å². The number of nitrogens with zero attached hydrogens (tertiary/aromatic N) is 3. The van der Waals surface area contributed by atoms with E-state index in [0.29, 0.717) is 19.0 Å². The van der Waals surface area contributed by atoms with Crippen molar-refractivity contribution in [1.29, 1.82) is 0 Å². The zero-order chi connectivity index (χ0) is 14.8. The summed E-state index contributed by atoms with van der Waals surface area (Å²) in [7, 11) is 0. The maximum absolute atomic E-state index is 12.4. The SMILES string of the molecule is Cc1ccc2cnn(CCC(=O)N3CCCCC3C)c2c1. The number of aromatic nitrogens is 2. The molecule has 1 amide bonds. The van der Waals surface area contributed by atoms with E-state index in [1.54, 1.807) is 0 Å². The second-order valence-electron chi connectivity index (χ2n) is 6.11. The average molecular weight is 285 g/mol. The van der Waals surface area contributed by atoms with Crippen molar-refractivity contribution in [2.45, 2.75) is 52.1 Å². The molecule has 1 aromatic heterocycles. The van der Waals surface area contributed by atoms with Crippen molar-refractivity contribution in [3.8, 4) is 0 Å². The maximum atomic E-state index is 12.4. The third-order valence-corrected chi connectivity index (χ3v) is 4.46. The van der Waals surface area contributed by atoms with E-state index in [9.17, 15) is 4.79 Å². The number of piperidine rings is 1. The van der Waals surface area contributed by atoms with E-state index in [0.717, 1.165) is 30.3 Å². The Labute approximate surface area is 125 Å². The molecule has 0 spiro atoms. The lowest BCUT2D eigenvalue weighted by Crippen LogP contribution is -2.42. The normalized spacial score (nSPS) is 19.1. The third-order valence-electron chi connectivity index (χ3n) is 4.46. The van der Waals surface area contributed by atoms with Gasteiger partial charge in [0.1, 0.15) is 0 Å². The fourth-order valence-electron chi connectivity index (χ4n) is 3.17. The summed E-state index contributed by atoms with van der Waals surface area (Å²) in [5.74, 6) is 0.263. The van der Waals surface area contributed by atoms with Gasteiger partial charge in [-0.25, -0.2) is 0 Å². The predicted octanol–water partition coefficient (Wildman–Crippen LogP) is 3.14. The van der Waals surface area contributed by atoms with E-state index < -0.39 is 0 Å². The first kappa shape index (κ1) is 14.1. The lowest BCUT2D eigenvalue weighted by molar-refractivity contribution is -0.134. The van der Waals surface area contributed by atoms with Gasteiger partial charge in [-0.15, -0.1) is 0 Å². The van der Waals surface area contributed by atoms with Crippen LogP contribution in [0.1, 0.15) is 38.2 Å². The molecule has 1 aromatic carbocycles. The van der Waals surface area contributed by atoms with Gasteiger partial charge in [0.15, 0.2) is 0 Å². The molecule has 4 heteroatoms. The van der Waals surface area contributed by atoms with E-state index >= 15 is 0 Å². The Bertz CT molecular complexity index is 647. The van der Waals surface area contributed by atoms with Crippen LogP contribution >= 0.6 is 0 Å². The summed E-state index contributed by atoms with van der Waals surface area (Å²) in [4.78, 5) is 14.4. The first-order valence-corrected chi connectivity index (χ1v) is 7.87. The number of rotatable bonds is 3. The third kappa shape index (κ3) is 2.94. The van der Waals surface area contributed by atoms with Gasteiger partial charge in [-0.05, 0) is 44.7 Å². The Morgan fingerprint density at radius 2 is 2.24 bits per heavy atom. The van der Waals surface area contributed by atoms with E-state index in [1.807, 2.05) is 15.8 Å². The molecule has 0 saturated carbocycles. The second-order valence-corrected chi connectivity index (χ2v) is 6.11. The van der Waals surface area contributed by atoms with Gasteiger partial charge in [0.2, 0.25) is 5.91 Å². The first-order chi connectivity index (χ1) is 10.1. The fraction of sp³-hybridized carbons (Fsp3) is 0.529. The highest BCUT2D eigenvalue weighted by Crippen LogP contribution is 2.19. The van der Waals surface area contributed by atoms with Crippen LogP contribution in [0.25, 0.3) is 10.9 Å². The molecular weight excluding hydrogens is 262 g/mol. The van der Waals surface area contributed by atoms with E-state index in [4.69, 9.17) is 0 Å². The van der Waals surface area contributed by atoms with E-state index in [1.165, 1.54) is 12.0 Å². The molecule has 21 heavy (non-hydrogen) atoms.